The zero-order valence-corrected chi connectivity index (χ0v) is 10.7. The number of rotatable bonds is 4. The summed E-state index contributed by atoms with van der Waals surface area (Å²) in [7, 11) is 0. The lowest BCUT2D eigenvalue weighted by Crippen LogP contribution is -2.43. The molecular weight excluding hydrogens is 198 g/mol. The van der Waals surface area contributed by atoms with Crippen LogP contribution in [0.25, 0.3) is 0 Å². The Bertz CT molecular complexity index is 245. The molecule has 1 aliphatic carbocycles. The predicted molar refractivity (Wildman–Crippen MR) is 66.4 cm³/mol. The van der Waals surface area contributed by atoms with Gasteiger partial charge in [0, 0.05) is 24.0 Å². The molecule has 0 amide bonds. The van der Waals surface area contributed by atoms with E-state index in [1.165, 1.54) is 38.4 Å². The Morgan fingerprint density at radius 2 is 2.00 bits per heavy atom. The summed E-state index contributed by atoms with van der Waals surface area (Å²) in [4.78, 5) is 14.0. The zero-order chi connectivity index (χ0) is 11.6. The van der Waals surface area contributed by atoms with E-state index in [0.717, 1.165) is 25.4 Å². The van der Waals surface area contributed by atoms with Gasteiger partial charge < -0.3 is 4.79 Å². The highest BCUT2D eigenvalue weighted by Gasteiger charge is 2.39. The molecule has 2 rings (SSSR count). The number of hydrogen-bond donors (Lipinski definition) is 0. The summed E-state index contributed by atoms with van der Waals surface area (Å²) in [5.41, 5.74) is 0.00597. The van der Waals surface area contributed by atoms with E-state index in [9.17, 15) is 4.79 Å². The minimum atomic E-state index is 0.00597. The molecule has 16 heavy (non-hydrogen) atoms. The molecule has 2 atom stereocenters. The molecule has 0 aromatic rings. The van der Waals surface area contributed by atoms with Gasteiger partial charge in [0.15, 0.2) is 0 Å². The van der Waals surface area contributed by atoms with Crippen LogP contribution in [-0.4, -0.2) is 29.8 Å². The largest absolute Gasteiger partial charge is 0.303 e. The topological polar surface area (TPSA) is 20.3 Å². The van der Waals surface area contributed by atoms with Crippen LogP contribution in [-0.2, 0) is 4.79 Å². The summed E-state index contributed by atoms with van der Waals surface area (Å²) in [5.74, 6) is 0. The maximum absolute atomic E-state index is 11.4. The van der Waals surface area contributed by atoms with Crippen molar-refractivity contribution in [3.63, 3.8) is 0 Å². The second-order valence-corrected chi connectivity index (χ2v) is 5.85. The fraction of sp³-hybridized carbons (Fsp3) is 0.929. The molecule has 0 aromatic carbocycles. The summed E-state index contributed by atoms with van der Waals surface area (Å²) in [6, 6.07) is 1.41. The van der Waals surface area contributed by atoms with Crippen LogP contribution in [0.15, 0.2) is 0 Å². The molecule has 0 radical (unpaired) electrons. The van der Waals surface area contributed by atoms with Gasteiger partial charge in [-0.3, -0.25) is 4.90 Å². The zero-order valence-electron chi connectivity index (χ0n) is 10.7. The predicted octanol–water partition coefficient (Wildman–Crippen LogP) is 3.01. The quantitative estimate of drug-likeness (QED) is 0.683. The minimum absolute atomic E-state index is 0.00597. The number of likely N-dealkylation sites (tertiary alicyclic amines) is 1. The summed E-state index contributed by atoms with van der Waals surface area (Å²) in [6.45, 7) is 5.62. The Labute approximate surface area is 99.4 Å². The van der Waals surface area contributed by atoms with E-state index in [0.29, 0.717) is 6.04 Å². The number of aldehydes is 1. The third kappa shape index (κ3) is 2.17. The van der Waals surface area contributed by atoms with Gasteiger partial charge >= 0.3 is 0 Å². The van der Waals surface area contributed by atoms with Gasteiger partial charge in [0.2, 0.25) is 0 Å². The number of carbonyl (C=O) groups excluding carboxylic acids is 1. The van der Waals surface area contributed by atoms with Crippen molar-refractivity contribution in [1.29, 1.82) is 0 Å². The van der Waals surface area contributed by atoms with Crippen molar-refractivity contribution in [1.82, 2.24) is 4.90 Å². The normalized spacial score (nSPS) is 34.4. The summed E-state index contributed by atoms with van der Waals surface area (Å²) in [6.07, 6.45) is 9.87. The van der Waals surface area contributed by atoms with Crippen molar-refractivity contribution in [3.8, 4) is 0 Å². The van der Waals surface area contributed by atoms with Gasteiger partial charge in [-0.15, -0.1) is 0 Å². The van der Waals surface area contributed by atoms with Crippen LogP contribution in [0.1, 0.15) is 58.8 Å². The molecule has 1 saturated carbocycles. The van der Waals surface area contributed by atoms with E-state index in [4.69, 9.17) is 0 Å². The van der Waals surface area contributed by atoms with Crippen LogP contribution in [0.5, 0.6) is 0 Å². The van der Waals surface area contributed by atoms with Crippen LogP contribution in [0.2, 0.25) is 0 Å². The molecule has 1 heterocycles. The molecule has 2 heteroatoms. The third-order valence-electron chi connectivity index (χ3n) is 4.77. The molecule has 2 aliphatic rings. The molecule has 2 nitrogen and oxygen atoms in total. The average molecular weight is 223 g/mol. The molecule has 0 spiro atoms. The molecule has 0 aromatic heterocycles. The summed E-state index contributed by atoms with van der Waals surface area (Å²) < 4.78 is 0. The van der Waals surface area contributed by atoms with Gasteiger partial charge in [-0.2, -0.15) is 0 Å². The van der Waals surface area contributed by atoms with Gasteiger partial charge in [0.1, 0.15) is 6.29 Å². The Morgan fingerprint density at radius 1 is 1.31 bits per heavy atom. The molecule has 0 N–H and O–H groups in total. The first-order chi connectivity index (χ1) is 7.71. The molecule has 2 unspecified atom stereocenters. The summed E-state index contributed by atoms with van der Waals surface area (Å²) in [5, 5.41) is 0. The highest BCUT2D eigenvalue weighted by Crippen LogP contribution is 2.39. The maximum Gasteiger partial charge on any atom is 0.127 e. The fourth-order valence-electron chi connectivity index (χ4n) is 3.60. The fourth-order valence-corrected chi connectivity index (χ4v) is 3.60. The Balaban J connectivity index is 2.03. The third-order valence-corrected chi connectivity index (χ3v) is 4.77. The summed E-state index contributed by atoms with van der Waals surface area (Å²) >= 11 is 0. The van der Waals surface area contributed by atoms with Crippen LogP contribution in [0.4, 0.5) is 0 Å². The monoisotopic (exact) mass is 223 g/mol. The maximum atomic E-state index is 11.4. The van der Waals surface area contributed by atoms with Crippen molar-refractivity contribution in [3.05, 3.63) is 0 Å². The van der Waals surface area contributed by atoms with Crippen molar-refractivity contribution in [2.45, 2.75) is 70.9 Å². The van der Waals surface area contributed by atoms with Crippen LogP contribution in [0, 0.1) is 5.41 Å². The van der Waals surface area contributed by atoms with Crippen molar-refractivity contribution in [2.24, 2.45) is 5.41 Å². The van der Waals surface area contributed by atoms with Gasteiger partial charge in [0.25, 0.3) is 0 Å². The number of hydrogen-bond acceptors (Lipinski definition) is 2. The SMILES string of the molecule is CCC1CCC(C)N1CC1(C=O)CCCC1. The van der Waals surface area contributed by atoms with Gasteiger partial charge in [-0.05, 0) is 39.0 Å². The van der Waals surface area contributed by atoms with Crippen molar-refractivity contribution >= 4 is 6.29 Å². The van der Waals surface area contributed by atoms with E-state index in [-0.39, 0.29) is 5.41 Å². The Morgan fingerprint density at radius 3 is 2.56 bits per heavy atom. The molecule has 2 fully saturated rings. The lowest BCUT2D eigenvalue weighted by atomic mass is 9.87. The standard InChI is InChI=1S/C14H25NO/c1-3-13-7-6-12(2)15(13)10-14(11-16)8-4-5-9-14/h11-13H,3-10H2,1-2H3. The van der Waals surface area contributed by atoms with E-state index in [1.807, 2.05) is 0 Å². The second kappa shape index (κ2) is 4.87. The highest BCUT2D eigenvalue weighted by molar-refractivity contribution is 5.60. The first-order valence-electron chi connectivity index (χ1n) is 6.93. The molecule has 92 valence electrons. The van der Waals surface area contributed by atoms with Gasteiger partial charge in [0.05, 0.1) is 0 Å². The van der Waals surface area contributed by atoms with Crippen molar-refractivity contribution in [2.75, 3.05) is 6.54 Å². The van der Waals surface area contributed by atoms with Gasteiger partial charge in [-0.1, -0.05) is 19.8 Å². The van der Waals surface area contributed by atoms with E-state index in [1.54, 1.807) is 0 Å². The van der Waals surface area contributed by atoms with E-state index >= 15 is 0 Å². The minimum Gasteiger partial charge on any atom is -0.303 e. The first kappa shape index (κ1) is 12.1. The van der Waals surface area contributed by atoms with Gasteiger partial charge in [-0.25, -0.2) is 0 Å². The lowest BCUT2D eigenvalue weighted by Gasteiger charge is -2.35. The van der Waals surface area contributed by atoms with E-state index in [2.05, 4.69) is 18.7 Å². The lowest BCUT2D eigenvalue weighted by molar-refractivity contribution is -0.117. The highest BCUT2D eigenvalue weighted by atomic mass is 16.1. The van der Waals surface area contributed by atoms with Crippen LogP contribution >= 0.6 is 0 Å². The number of carbonyl (C=O) groups is 1. The van der Waals surface area contributed by atoms with Crippen molar-refractivity contribution < 1.29 is 4.79 Å². The molecule has 1 aliphatic heterocycles. The van der Waals surface area contributed by atoms with Crippen LogP contribution in [0.3, 0.4) is 0 Å². The first-order valence-corrected chi connectivity index (χ1v) is 6.93. The smallest absolute Gasteiger partial charge is 0.127 e. The number of nitrogens with zero attached hydrogens (tertiary/aromatic N) is 1. The second-order valence-electron chi connectivity index (χ2n) is 5.85. The molecular formula is C14H25NO. The molecule has 0 bridgehead atoms. The average Bonchev–Trinajstić information content (AvgIpc) is 2.89. The van der Waals surface area contributed by atoms with Crippen LogP contribution < -0.4 is 0 Å². The van der Waals surface area contributed by atoms with E-state index < -0.39 is 0 Å². The molecule has 1 saturated heterocycles. The Hall–Kier alpha value is -0.370. The Kier molecular flexibility index (Phi) is 3.68.